The number of hydrogen-bond donors (Lipinski definition) is 1. The average molecular weight is 412 g/mol. The summed E-state index contributed by atoms with van der Waals surface area (Å²) in [7, 11) is -3.91. The van der Waals surface area contributed by atoms with Crippen molar-refractivity contribution in [1.29, 1.82) is 0 Å². The minimum absolute atomic E-state index is 0.0450. The third-order valence-corrected chi connectivity index (χ3v) is 7.50. The third kappa shape index (κ3) is 3.24. The quantitative estimate of drug-likeness (QED) is 0.738. The topological polar surface area (TPSA) is 86.5 Å². The second-order valence-corrected chi connectivity index (χ2v) is 8.92. The van der Waals surface area contributed by atoms with E-state index in [1.807, 2.05) is 0 Å². The Morgan fingerprint density at radius 3 is 2.30 bits per heavy atom. The average Bonchev–Trinajstić information content (AvgIpc) is 3.34. The fourth-order valence-corrected chi connectivity index (χ4v) is 6.12. The highest BCUT2D eigenvalue weighted by Crippen LogP contribution is 2.64. The van der Waals surface area contributed by atoms with Crippen LogP contribution in [-0.2, 0) is 19.4 Å². The molecular formula is C19H19ClFNO4S. The van der Waals surface area contributed by atoms with E-state index in [-0.39, 0.29) is 18.0 Å². The lowest BCUT2D eigenvalue weighted by atomic mass is 9.99. The van der Waals surface area contributed by atoms with E-state index in [1.54, 1.807) is 6.92 Å². The summed E-state index contributed by atoms with van der Waals surface area (Å²) in [6.45, 7) is 1.54. The highest BCUT2D eigenvalue weighted by atomic mass is 35.5. The minimum atomic E-state index is -3.91. The van der Waals surface area contributed by atoms with Crippen LogP contribution in [-0.4, -0.2) is 32.8 Å². The molecule has 0 saturated heterocycles. The molecule has 1 saturated carbocycles. The second kappa shape index (κ2) is 7.22. The van der Waals surface area contributed by atoms with Gasteiger partial charge in [-0.2, -0.15) is 0 Å². The Morgan fingerprint density at radius 2 is 1.78 bits per heavy atom. The maximum Gasteiger partial charge on any atom is 0.315 e. The van der Waals surface area contributed by atoms with Crippen molar-refractivity contribution in [2.45, 2.75) is 23.0 Å². The van der Waals surface area contributed by atoms with Gasteiger partial charge in [-0.25, -0.2) is 12.8 Å². The van der Waals surface area contributed by atoms with Gasteiger partial charge in [-0.05, 0) is 48.9 Å². The Bertz CT molecular complexity index is 947. The SMILES string of the molecule is CCOC(=O)[C@@]1(CN)[C@H](S(=O)(=O)c2ccc(Cl)cc2)[C@@H]1c1ccc(F)cc1. The van der Waals surface area contributed by atoms with Crippen LogP contribution < -0.4 is 5.73 Å². The Balaban J connectivity index is 2.10. The monoisotopic (exact) mass is 411 g/mol. The Hall–Kier alpha value is -1.96. The standard InChI is InChI=1S/C19H19ClFNO4S/c1-2-26-18(23)19(11-22)16(12-3-7-14(21)8-4-12)17(19)27(24,25)15-9-5-13(20)6-10-15/h3-10,16-17H,2,11,22H2,1H3/t16-,17+,19+/m0/s1. The molecule has 0 unspecified atom stereocenters. The van der Waals surface area contributed by atoms with Gasteiger partial charge in [-0.15, -0.1) is 0 Å². The lowest BCUT2D eigenvalue weighted by Crippen LogP contribution is -2.33. The first-order valence-electron chi connectivity index (χ1n) is 8.41. The van der Waals surface area contributed by atoms with Crippen molar-refractivity contribution in [3.63, 3.8) is 0 Å². The first kappa shape index (κ1) is 19.8. The van der Waals surface area contributed by atoms with Gasteiger partial charge >= 0.3 is 5.97 Å². The van der Waals surface area contributed by atoms with Crippen molar-refractivity contribution in [2.24, 2.45) is 11.1 Å². The van der Waals surface area contributed by atoms with E-state index in [1.165, 1.54) is 48.5 Å². The van der Waals surface area contributed by atoms with Gasteiger partial charge in [-0.1, -0.05) is 23.7 Å². The van der Waals surface area contributed by atoms with Gasteiger partial charge in [0.1, 0.15) is 11.2 Å². The zero-order valence-electron chi connectivity index (χ0n) is 14.6. The van der Waals surface area contributed by atoms with Gasteiger partial charge in [0, 0.05) is 17.5 Å². The lowest BCUT2D eigenvalue weighted by Gasteiger charge is -2.14. The van der Waals surface area contributed by atoms with Crippen molar-refractivity contribution in [3.05, 3.63) is 64.9 Å². The maximum atomic E-state index is 13.3. The maximum absolute atomic E-state index is 13.3. The van der Waals surface area contributed by atoms with Crippen LogP contribution in [0.3, 0.4) is 0 Å². The van der Waals surface area contributed by atoms with Gasteiger partial charge < -0.3 is 10.5 Å². The van der Waals surface area contributed by atoms with Crippen molar-refractivity contribution < 1.29 is 22.3 Å². The summed E-state index contributed by atoms with van der Waals surface area (Å²) in [6, 6.07) is 11.1. The Morgan fingerprint density at radius 1 is 1.19 bits per heavy atom. The highest BCUT2D eigenvalue weighted by Gasteiger charge is 2.75. The summed E-state index contributed by atoms with van der Waals surface area (Å²) >= 11 is 5.85. The van der Waals surface area contributed by atoms with Crippen LogP contribution in [0.15, 0.2) is 53.4 Å². The van der Waals surface area contributed by atoms with Gasteiger partial charge in [0.25, 0.3) is 0 Å². The molecule has 1 aliphatic rings. The van der Waals surface area contributed by atoms with Crippen molar-refractivity contribution in [2.75, 3.05) is 13.2 Å². The summed E-state index contributed by atoms with van der Waals surface area (Å²) in [6.07, 6.45) is 0. The molecule has 1 fully saturated rings. The van der Waals surface area contributed by atoms with Gasteiger partial charge in [0.15, 0.2) is 9.84 Å². The third-order valence-electron chi connectivity index (χ3n) is 4.96. The number of benzene rings is 2. The molecule has 2 N–H and O–H groups in total. The summed E-state index contributed by atoms with van der Waals surface area (Å²) in [5, 5.41) is -0.698. The highest BCUT2D eigenvalue weighted by molar-refractivity contribution is 7.92. The molecule has 2 aromatic rings. The molecule has 8 heteroatoms. The summed E-state index contributed by atoms with van der Waals surface area (Å²) in [5.41, 5.74) is 5.00. The summed E-state index contributed by atoms with van der Waals surface area (Å²) < 4.78 is 45.0. The Labute approximate surface area is 162 Å². The van der Waals surface area contributed by atoms with E-state index >= 15 is 0 Å². The molecule has 3 atom stereocenters. The number of nitrogens with two attached hydrogens (primary N) is 1. The number of carbonyl (C=O) groups excluding carboxylic acids is 1. The molecule has 27 heavy (non-hydrogen) atoms. The number of hydrogen-bond acceptors (Lipinski definition) is 5. The molecule has 0 aliphatic heterocycles. The zero-order valence-corrected chi connectivity index (χ0v) is 16.1. The van der Waals surface area contributed by atoms with Crippen molar-refractivity contribution >= 4 is 27.4 Å². The van der Waals surface area contributed by atoms with E-state index in [2.05, 4.69) is 0 Å². The molecule has 1 aliphatic carbocycles. The number of rotatable bonds is 6. The van der Waals surface area contributed by atoms with Crippen LogP contribution in [0.5, 0.6) is 0 Å². The van der Waals surface area contributed by atoms with E-state index in [4.69, 9.17) is 22.1 Å². The molecule has 2 aromatic carbocycles. The van der Waals surface area contributed by atoms with E-state index < -0.39 is 38.2 Å². The van der Waals surface area contributed by atoms with E-state index in [0.29, 0.717) is 10.6 Å². The normalized spacial score (nSPS) is 24.4. The first-order chi connectivity index (χ1) is 12.8. The molecule has 0 amide bonds. The van der Waals surface area contributed by atoms with Crippen LogP contribution >= 0.6 is 11.6 Å². The van der Waals surface area contributed by atoms with Crippen molar-refractivity contribution in [3.8, 4) is 0 Å². The van der Waals surface area contributed by atoms with Gasteiger partial charge in [0.2, 0.25) is 0 Å². The second-order valence-electron chi connectivity index (χ2n) is 6.41. The molecular weight excluding hydrogens is 393 g/mol. The largest absolute Gasteiger partial charge is 0.465 e. The predicted octanol–water partition coefficient (Wildman–Crippen LogP) is 2.93. The first-order valence-corrected chi connectivity index (χ1v) is 10.3. The van der Waals surface area contributed by atoms with Gasteiger partial charge in [0.05, 0.1) is 16.8 Å². The number of halogens is 2. The van der Waals surface area contributed by atoms with Crippen LogP contribution in [0.25, 0.3) is 0 Å². The number of esters is 1. The number of ether oxygens (including phenoxy) is 1. The summed E-state index contributed by atoms with van der Waals surface area (Å²) in [5.74, 6) is -1.84. The number of sulfone groups is 1. The van der Waals surface area contributed by atoms with Crippen LogP contribution in [0, 0.1) is 11.2 Å². The molecule has 3 rings (SSSR count). The molecule has 5 nitrogen and oxygen atoms in total. The number of carbonyl (C=O) groups is 1. The Kier molecular flexibility index (Phi) is 5.29. The van der Waals surface area contributed by atoms with Crippen molar-refractivity contribution in [1.82, 2.24) is 0 Å². The van der Waals surface area contributed by atoms with Gasteiger partial charge in [-0.3, -0.25) is 4.79 Å². The van der Waals surface area contributed by atoms with Crippen LogP contribution in [0.4, 0.5) is 4.39 Å². The molecule has 0 aromatic heterocycles. The van der Waals surface area contributed by atoms with E-state index in [0.717, 1.165) is 0 Å². The van der Waals surface area contributed by atoms with Crippen LogP contribution in [0.1, 0.15) is 18.4 Å². The molecule has 0 radical (unpaired) electrons. The van der Waals surface area contributed by atoms with Crippen LogP contribution in [0.2, 0.25) is 5.02 Å². The summed E-state index contributed by atoms with van der Waals surface area (Å²) in [4.78, 5) is 12.7. The molecule has 0 bridgehead atoms. The zero-order chi connectivity index (χ0) is 19.8. The molecule has 144 valence electrons. The smallest absolute Gasteiger partial charge is 0.315 e. The fraction of sp³-hybridized carbons (Fsp3) is 0.316. The lowest BCUT2D eigenvalue weighted by molar-refractivity contribution is -0.149. The minimum Gasteiger partial charge on any atom is -0.465 e. The van der Waals surface area contributed by atoms with E-state index in [9.17, 15) is 17.6 Å². The molecule has 0 heterocycles. The fourth-order valence-electron chi connectivity index (χ4n) is 3.61. The predicted molar refractivity (Wildman–Crippen MR) is 99.7 cm³/mol. The molecule has 0 spiro atoms.